The molecule has 0 spiro atoms. The summed E-state index contributed by atoms with van der Waals surface area (Å²) in [6.07, 6.45) is 0. The van der Waals surface area contributed by atoms with E-state index in [0.717, 1.165) is 19.6 Å². The molecular formula is C12H18ClN3O2S. The van der Waals surface area contributed by atoms with Gasteiger partial charge in [0.1, 0.15) is 0 Å². The third kappa shape index (κ3) is 3.02. The van der Waals surface area contributed by atoms with E-state index in [-0.39, 0.29) is 9.92 Å². The molecule has 0 aliphatic carbocycles. The monoisotopic (exact) mass is 303 g/mol. The Bertz CT molecular complexity index is 554. The molecule has 1 aromatic rings. The van der Waals surface area contributed by atoms with E-state index in [4.69, 9.17) is 17.3 Å². The molecule has 1 aromatic carbocycles. The average Bonchev–Trinajstić information content (AvgIpc) is 2.41. The van der Waals surface area contributed by atoms with Crippen molar-refractivity contribution in [3.05, 3.63) is 23.2 Å². The first-order valence-electron chi connectivity index (χ1n) is 6.22. The van der Waals surface area contributed by atoms with Gasteiger partial charge in [-0.1, -0.05) is 18.5 Å². The maximum atomic E-state index is 12.5. The van der Waals surface area contributed by atoms with Crippen LogP contribution in [-0.4, -0.2) is 50.3 Å². The van der Waals surface area contributed by atoms with Crippen molar-refractivity contribution in [3.8, 4) is 0 Å². The van der Waals surface area contributed by atoms with Gasteiger partial charge in [-0.25, -0.2) is 8.42 Å². The Hall–Kier alpha value is -0.820. The molecule has 19 heavy (non-hydrogen) atoms. The SMILES string of the molecule is CCN1CCN(S(=O)(=O)c2ccc(N)c(Cl)c2)CC1. The van der Waals surface area contributed by atoms with E-state index in [9.17, 15) is 8.42 Å². The number of rotatable bonds is 3. The highest BCUT2D eigenvalue weighted by Crippen LogP contribution is 2.25. The first-order chi connectivity index (χ1) is 8.95. The van der Waals surface area contributed by atoms with Gasteiger partial charge < -0.3 is 10.6 Å². The van der Waals surface area contributed by atoms with Crippen molar-refractivity contribution in [3.63, 3.8) is 0 Å². The number of nitrogens with zero attached hydrogens (tertiary/aromatic N) is 2. The Morgan fingerprint density at radius 2 is 1.89 bits per heavy atom. The van der Waals surface area contributed by atoms with E-state index in [1.54, 1.807) is 0 Å². The lowest BCUT2D eigenvalue weighted by atomic mass is 10.3. The molecule has 1 heterocycles. The van der Waals surface area contributed by atoms with Crippen molar-refractivity contribution >= 4 is 27.3 Å². The smallest absolute Gasteiger partial charge is 0.243 e. The van der Waals surface area contributed by atoms with Crippen molar-refractivity contribution in [2.75, 3.05) is 38.5 Å². The van der Waals surface area contributed by atoms with Crippen LogP contribution in [-0.2, 0) is 10.0 Å². The van der Waals surface area contributed by atoms with Crippen molar-refractivity contribution in [1.29, 1.82) is 0 Å². The summed E-state index contributed by atoms with van der Waals surface area (Å²) in [7, 11) is -3.47. The zero-order valence-electron chi connectivity index (χ0n) is 10.8. The van der Waals surface area contributed by atoms with Gasteiger partial charge in [-0.2, -0.15) is 4.31 Å². The third-order valence-electron chi connectivity index (χ3n) is 3.39. The average molecular weight is 304 g/mol. The Morgan fingerprint density at radius 3 is 2.42 bits per heavy atom. The molecule has 0 aromatic heterocycles. The van der Waals surface area contributed by atoms with Crippen LogP contribution in [0.5, 0.6) is 0 Å². The first-order valence-corrected chi connectivity index (χ1v) is 8.04. The normalized spacial score (nSPS) is 18.6. The Kier molecular flexibility index (Phi) is 4.35. The fraction of sp³-hybridized carbons (Fsp3) is 0.500. The van der Waals surface area contributed by atoms with E-state index >= 15 is 0 Å². The van der Waals surface area contributed by atoms with E-state index in [1.807, 2.05) is 0 Å². The van der Waals surface area contributed by atoms with Crippen molar-refractivity contribution in [1.82, 2.24) is 9.21 Å². The van der Waals surface area contributed by atoms with Gasteiger partial charge in [-0.3, -0.25) is 0 Å². The Morgan fingerprint density at radius 1 is 1.26 bits per heavy atom. The molecule has 1 saturated heterocycles. The van der Waals surface area contributed by atoms with Gasteiger partial charge in [-0.15, -0.1) is 0 Å². The quantitative estimate of drug-likeness (QED) is 0.854. The van der Waals surface area contributed by atoms with Gasteiger partial charge in [0.15, 0.2) is 0 Å². The summed E-state index contributed by atoms with van der Waals surface area (Å²) >= 11 is 5.89. The maximum absolute atomic E-state index is 12.5. The van der Waals surface area contributed by atoms with Crippen LogP contribution in [0.4, 0.5) is 5.69 Å². The fourth-order valence-electron chi connectivity index (χ4n) is 2.10. The van der Waals surface area contributed by atoms with E-state index in [2.05, 4.69) is 11.8 Å². The number of nitrogens with two attached hydrogens (primary N) is 1. The highest BCUT2D eigenvalue weighted by molar-refractivity contribution is 7.89. The number of anilines is 1. The predicted molar refractivity (Wildman–Crippen MR) is 76.7 cm³/mol. The number of halogens is 1. The lowest BCUT2D eigenvalue weighted by molar-refractivity contribution is 0.196. The minimum Gasteiger partial charge on any atom is -0.398 e. The van der Waals surface area contributed by atoms with Crippen LogP contribution < -0.4 is 5.73 Å². The van der Waals surface area contributed by atoms with Crippen LogP contribution >= 0.6 is 11.6 Å². The zero-order chi connectivity index (χ0) is 14.0. The van der Waals surface area contributed by atoms with Gasteiger partial charge in [0, 0.05) is 26.2 Å². The van der Waals surface area contributed by atoms with Crippen molar-refractivity contribution in [2.45, 2.75) is 11.8 Å². The van der Waals surface area contributed by atoms with Crippen molar-refractivity contribution < 1.29 is 8.42 Å². The van der Waals surface area contributed by atoms with Gasteiger partial charge >= 0.3 is 0 Å². The molecule has 0 amide bonds. The molecule has 1 aliphatic rings. The summed E-state index contributed by atoms with van der Waals surface area (Å²) in [5.74, 6) is 0. The number of likely N-dealkylation sites (N-methyl/N-ethyl adjacent to an activating group) is 1. The molecule has 0 radical (unpaired) electrons. The standard InChI is InChI=1S/C12H18ClN3O2S/c1-2-15-5-7-16(8-6-15)19(17,18)10-3-4-12(14)11(13)9-10/h3-4,9H,2,5-8,14H2,1H3. The molecule has 2 N–H and O–H groups in total. The van der Waals surface area contributed by atoms with E-state index in [1.165, 1.54) is 22.5 Å². The molecule has 5 nitrogen and oxygen atoms in total. The molecule has 106 valence electrons. The number of piperazine rings is 1. The van der Waals surface area contributed by atoms with Gasteiger partial charge in [0.25, 0.3) is 0 Å². The topological polar surface area (TPSA) is 66.6 Å². The minimum absolute atomic E-state index is 0.205. The van der Waals surface area contributed by atoms with Crippen molar-refractivity contribution in [2.24, 2.45) is 0 Å². The summed E-state index contributed by atoms with van der Waals surface area (Å²) in [5.41, 5.74) is 5.99. The van der Waals surface area contributed by atoms with Gasteiger partial charge in [0.05, 0.1) is 15.6 Å². The fourth-order valence-corrected chi connectivity index (χ4v) is 3.80. The van der Waals surface area contributed by atoms with E-state index < -0.39 is 10.0 Å². The summed E-state index contributed by atoms with van der Waals surface area (Å²) in [5, 5.41) is 0.272. The second kappa shape index (κ2) is 5.66. The Labute approximate surface area is 119 Å². The molecular weight excluding hydrogens is 286 g/mol. The van der Waals surface area contributed by atoms with Crippen LogP contribution in [0.1, 0.15) is 6.92 Å². The third-order valence-corrected chi connectivity index (χ3v) is 5.61. The van der Waals surface area contributed by atoms with Gasteiger partial charge in [-0.05, 0) is 24.7 Å². The molecule has 0 atom stereocenters. The number of hydrogen-bond donors (Lipinski definition) is 1. The lowest BCUT2D eigenvalue weighted by Crippen LogP contribution is -2.48. The second-order valence-corrected chi connectivity index (χ2v) is 6.87. The second-order valence-electron chi connectivity index (χ2n) is 4.52. The molecule has 0 unspecified atom stereocenters. The summed E-state index contributed by atoms with van der Waals surface area (Å²) in [6, 6.07) is 4.44. The lowest BCUT2D eigenvalue weighted by Gasteiger charge is -2.33. The van der Waals surface area contributed by atoms with Crippen LogP contribution in [0, 0.1) is 0 Å². The molecule has 0 saturated carbocycles. The number of sulfonamides is 1. The zero-order valence-corrected chi connectivity index (χ0v) is 12.4. The van der Waals surface area contributed by atoms with Crippen LogP contribution in [0.25, 0.3) is 0 Å². The molecule has 1 fully saturated rings. The predicted octanol–water partition coefficient (Wildman–Crippen LogP) is 1.25. The summed E-state index contributed by atoms with van der Waals surface area (Å²) in [6.45, 7) is 5.57. The number of hydrogen-bond acceptors (Lipinski definition) is 4. The first kappa shape index (κ1) is 14.6. The number of benzene rings is 1. The van der Waals surface area contributed by atoms with Gasteiger partial charge in [0.2, 0.25) is 10.0 Å². The highest BCUT2D eigenvalue weighted by Gasteiger charge is 2.28. The summed E-state index contributed by atoms with van der Waals surface area (Å²) in [4.78, 5) is 2.43. The largest absolute Gasteiger partial charge is 0.398 e. The molecule has 1 aliphatic heterocycles. The van der Waals surface area contributed by atoms with E-state index in [0.29, 0.717) is 18.8 Å². The molecule has 2 rings (SSSR count). The van der Waals surface area contributed by atoms with Crippen LogP contribution in [0.15, 0.2) is 23.1 Å². The van der Waals surface area contributed by atoms with Crippen LogP contribution in [0.3, 0.4) is 0 Å². The van der Waals surface area contributed by atoms with Crippen LogP contribution in [0.2, 0.25) is 5.02 Å². The minimum atomic E-state index is -3.47. The number of nitrogen functional groups attached to an aromatic ring is 1. The highest BCUT2D eigenvalue weighted by atomic mass is 35.5. The maximum Gasteiger partial charge on any atom is 0.243 e. The molecule has 7 heteroatoms. The summed E-state index contributed by atoms with van der Waals surface area (Å²) < 4.78 is 26.4. The molecule has 0 bridgehead atoms. The Balaban J connectivity index is 2.21.